The number of anilines is 1. The zero-order valence-electron chi connectivity index (χ0n) is 14.0. The molecule has 2 atom stereocenters. The second-order valence-corrected chi connectivity index (χ2v) is 7.17. The molecule has 3 rings (SSSR count). The van der Waals surface area contributed by atoms with E-state index in [0.717, 1.165) is 5.69 Å². The van der Waals surface area contributed by atoms with Crippen LogP contribution in [0.5, 0.6) is 0 Å². The molecule has 0 spiro atoms. The van der Waals surface area contributed by atoms with Crippen LogP contribution in [0.4, 0.5) is 11.4 Å². The molecule has 1 aliphatic rings. The number of Topliss-reactive ketones (excluding diaryl/α,β-unsaturated/α-hetero) is 1. The van der Waals surface area contributed by atoms with E-state index in [2.05, 4.69) is 25.7 Å². The van der Waals surface area contributed by atoms with Crippen LogP contribution in [0.15, 0.2) is 54.6 Å². The Hall–Kier alpha value is -2.69. The number of rotatable bonds is 4. The highest BCUT2D eigenvalue weighted by Gasteiger charge is 2.57. The van der Waals surface area contributed by atoms with Gasteiger partial charge in [0.05, 0.1) is 11.0 Å². The maximum absolute atomic E-state index is 12.9. The summed E-state index contributed by atoms with van der Waals surface area (Å²) in [6.45, 7) is 6.32. The van der Waals surface area contributed by atoms with Crippen LogP contribution in [0, 0.1) is 15.5 Å². The Bertz CT molecular complexity index is 763. The van der Waals surface area contributed by atoms with Crippen LogP contribution in [0.3, 0.4) is 0 Å². The average molecular weight is 324 g/mol. The maximum Gasteiger partial charge on any atom is 0.269 e. The number of carbonyl (C=O) groups excluding carboxylic acids is 1. The molecule has 24 heavy (non-hydrogen) atoms. The Morgan fingerprint density at radius 1 is 1.04 bits per heavy atom. The molecule has 0 bridgehead atoms. The average Bonchev–Trinajstić information content (AvgIpc) is 3.31. The Kier molecular flexibility index (Phi) is 3.87. The molecule has 0 aliphatic carbocycles. The predicted molar refractivity (Wildman–Crippen MR) is 93.4 cm³/mol. The van der Waals surface area contributed by atoms with Gasteiger partial charge in [-0.3, -0.25) is 14.9 Å². The number of hydrogen-bond acceptors (Lipinski definition) is 4. The summed E-state index contributed by atoms with van der Waals surface area (Å²) in [5.41, 5.74) is 1.52. The molecule has 1 fully saturated rings. The number of non-ortho nitro benzene ring substituents is 1. The minimum atomic E-state index is -0.417. The molecule has 0 saturated carbocycles. The van der Waals surface area contributed by atoms with E-state index in [0.29, 0.717) is 5.56 Å². The van der Waals surface area contributed by atoms with Crippen LogP contribution >= 0.6 is 0 Å². The van der Waals surface area contributed by atoms with Crippen molar-refractivity contribution in [1.82, 2.24) is 0 Å². The highest BCUT2D eigenvalue weighted by molar-refractivity contribution is 6.06. The molecule has 2 aromatic rings. The molecule has 5 nitrogen and oxygen atoms in total. The van der Waals surface area contributed by atoms with Gasteiger partial charge in [-0.15, -0.1) is 0 Å². The fourth-order valence-electron chi connectivity index (χ4n) is 3.23. The van der Waals surface area contributed by atoms with Gasteiger partial charge in [0.25, 0.3) is 5.69 Å². The molecule has 5 heteroatoms. The SMILES string of the molecule is CC(C)(C)[C@@H]1[C@@H](C(=O)c2ccccc2)N1c1ccc([N+](=O)[O-])cc1. The van der Waals surface area contributed by atoms with Crippen molar-refractivity contribution in [3.63, 3.8) is 0 Å². The summed E-state index contributed by atoms with van der Waals surface area (Å²) in [4.78, 5) is 25.3. The Morgan fingerprint density at radius 3 is 2.12 bits per heavy atom. The van der Waals surface area contributed by atoms with Crippen molar-refractivity contribution in [2.24, 2.45) is 5.41 Å². The standard InChI is InChI=1S/C19H20N2O3/c1-19(2,3)18-16(17(22)13-7-5-4-6-8-13)20(18)14-9-11-15(12-10-14)21(23)24/h4-12,16,18H,1-3H3/t16-,18+,20?/m1/s1. The second-order valence-electron chi connectivity index (χ2n) is 7.17. The lowest BCUT2D eigenvalue weighted by molar-refractivity contribution is -0.384. The molecule has 1 saturated heterocycles. The maximum atomic E-state index is 12.9. The third-order valence-electron chi connectivity index (χ3n) is 4.38. The van der Waals surface area contributed by atoms with Gasteiger partial charge in [-0.1, -0.05) is 51.1 Å². The van der Waals surface area contributed by atoms with Crippen LogP contribution in [-0.4, -0.2) is 22.8 Å². The molecule has 0 N–H and O–H groups in total. The largest absolute Gasteiger partial charge is 0.353 e. The molecule has 0 amide bonds. The summed E-state index contributed by atoms with van der Waals surface area (Å²) in [5.74, 6) is 0.0916. The minimum absolute atomic E-state index is 0.0545. The van der Waals surface area contributed by atoms with Crippen LogP contribution in [0.25, 0.3) is 0 Å². The van der Waals surface area contributed by atoms with E-state index in [1.807, 2.05) is 30.3 Å². The van der Waals surface area contributed by atoms with Crippen LogP contribution in [0.1, 0.15) is 31.1 Å². The summed E-state index contributed by atoms with van der Waals surface area (Å²) < 4.78 is 0. The van der Waals surface area contributed by atoms with Gasteiger partial charge in [-0.2, -0.15) is 0 Å². The fourth-order valence-corrected chi connectivity index (χ4v) is 3.23. The van der Waals surface area contributed by atoms with Crippen LogP contribution in [-0.2, 0) is 0 Å². The topological polar surface area (TPSA) is 63.2 Å². The van der Waals surface area contributed by atoms with Gasteiger partial charge >= 0.3 is 0 Å². The highest BCUT2D eigenvalue weighted by atomic mass is 16.6. The van der Waals surface area contributed by atoms with Crippen molar-refractivity contribution < 1.29 is 9.72 Å². The van der Waals surface area contributed by atoms with Gasteiger partial charge in [0.2, 0.25) is 0 Å². The second kappa shape index (κ2) is 5.74. The Morgan fingerprint density at radius 2 is 1.62 bits per heavy atom. The number of benzene rings is 2. The minimum Gasteiger partial charge on any atom is -0.353 e. The van der Waals surface area contributed by atoms with Gasteiger partial charge in [-0.25, -0.2) is 0 Å². The molecule has 124 valence electrons. The zero-order chi connectivity index (χ0) is 17.5. The Balaban J connectivity index is 1.91. The summed E-state index contributed by atoms with van der Waals surface area (Å²) in [7, 11) is 0. The third kappa shape index (κ3) is 2.89. The molecule has 0 radical (unpaired) electrons. The lowest BCUT2D eigenvalue weighted by Gasteiger charge is -2.18. The van der Waals surface area contributed by atoms with E-state index in [9.17, 15) is 14.9 Å². The first-order valence-corrected chi connectivity index (χ1v) is 7.93. The van der Waals surface area contributed by atoms with Crippen LogP contribution in [0.2, 0.25) is 0 Å². The number of nitro benzene ring substituents is 1. The van der Waals surface area contributed by atoms with Crippen molar-refractivity contribution in [3.8, 4) is 0 Å². The summed E-state index contributed by atoms with van der Waals surface area (Å²) in [5, 5.41) is 10.8. The van der Waals surface area contributed by atoms with Gasteiger partial charge < -0.3 is 4.90 Å². The molecule has 1 aliphatic heterocycles. The normalized spacial score (nSPS) is 19.9. The highest BCUT2D eigenvalue weighted by Crippen LogP contribution is 2.46. The van der Waals surface area contributed by atoms with E-state index >= 15 is 0 Å². The van der Waals surface area contributed by atoms with Crippen LogP contribution < -0.4 is 4.90 Å². The number of carbonyl (C=O) groups is 1. The van der Waals surface area contributed by atoms with Gasteiger partial charge in [0.1, 0.15) is 6.04 Å². The lowest BCUT2D eigenvalue weighted by atomic mass is 9.88. The van der Waals surface area contributed by atoms with Crippen molar-refractivity contribution >= 4 is 17.2 Å². The smallest absolute Gasteiger partial charge is 0.269 e. The van der Waals surface area contributed by atoms with E-state index in [1.165, 1.54) is 12.1 Å². The van der Waals surface area contributed by atoms with Gasteiger partial charge in [-0.05, 0) is 17.5 Å². The molecule has 2 aromatic carbocycles. The predicted octanol–water partition coefficient (Wildman–Crippen LogP) is 4.08. The Labute approximate surface area is 141 Å². The first-order valence-electron chi connectivity index (χ1n) is 7.93. The van der Waals surface area contributed by atoms with E-state index < -0.39 is 4.92 Å². The fraction of sp³-hybridized carbons (Fsp3) is 0.316. The van der Waals surface area contributed by atoms with E-state index in [-0.39, 0.29) is 29.0 Å². The first kappa shape index (κ1) is 16.2. The summed E-state index contributed by atoms with van der Waals surface area (Å²) in [6.07, 6.45) is 0. The van der Waals surface area contributed by atoms with Gasteiger partial charge in [0.15, 0.2) is 5.78 Å². The number of nitrogens with zero attached hydrogens (tertiary/aromatic N) is 2. The zero-order valence-corrected chi connectivity index (χ0v) is 14.0. The third-order valence-corrected chi connectivity index (χ3v) is 4.38. The van der Waals surface area contributed by atoms with Crippen molar-refractivity contribution in [1.29, 1.82) is 0 Å². The van der Waals surface area contributed by atoms with Crippen molar-refractivity contribution in [2.45, 2.75) is 32.9 Å². The van der Waals surface area contributed by atoms with Crippen molar-refractivity contribution in [3.05, 3.63) is 70.3 Å². The molecule has 1 heterocycles. The van der Waals surface area contributed by atoms with E-state index in [4.69, 9.17) is 0 Å². The first-order chi connectivity index (χ1) is 11.3. The number of hydrogen-bond donors (Lipinski definition) is 0. The summed E-state index contributed by atoms with van der Waals surface area (Å²) in [6, 6.07) is 15.5. The van der Waals surface area contributed by atoms with Crippen molar-refractivity contribution in [2.75, 3.05) is 4.90 Å². The van der Waals surface area contributed by atoms with E-state index in [1.54, 1.807) is 12.1 Å². The van der Waals surface area contributed by atoms with Gasteiger partial charge in [0, 0.05) is 23.4 Å². The molecule has 0 unspecified atom stereocenters. The molecular formula is C19H20N2O3. The summed E-state index contributed by atoms with van der Waals surface area (Å²) >= 11 is 0. The number of nitro groups is 1. The number of ketones is 1. The molecule has 0 aromatic heterocycles. The molecular weight excluding hydrogens is 304 g/mol. The monoisotopic (exact) mass is 324 g/mol. The lowest BCUT2D eigenvalue weighted by Crippen LogP contribution is -2.21. The quantitative estimate of drug-likeness (QED) is 0.368.